The zero-order valence-corrected chi connectivity index (χ0v) is 18.1. The van der Waals surface area contributed by atoms with Crippen LogP contribution < -0.4 is 14.8 Å². The molecule has 0 unspecified atom stereocenters. The lowest BCUT2D eigenvalue weighted by Gasteiger charge is -2.10. The van der Waals surface area contributed by atoms with Gasteiger partial charge in [0.25, 0.3) is 0 Å². The lowest BCUT2D eigenvalue weighted by Crippen LogP contribution is -2.12. The lowest BCUT2D eigenvalue weighted by molar-refractivity contribution is -0.115. The third kappa shape index (κ3) is 4.06. The van der Waals surface area contributed by atoms with Gasteiger partial charge in [0.05, 0.1) is 11.8 Å². The fourth-order valence-corrected chi connectivity index (χ4v) is 4.29. The maximum Gasteiger partial charge on any atom is 0.231 e. The summed E-state index contributed by atoms with van der Waals surface area (Å²) in [5.74, 6) is 3.25. The quantitative estimate of drug-likeness (QED) is 0.410. The van der Waals surface area contributed by atoms with Crippen LogP contribution in [0.15, 0.2) is 70.4 Å². The highest BCUT2D eigenvalue weighted by molar-refractivity contribution is 7.99. The molecule has 0 spiro atoms. The van der Waals surface area contributed by atoms with E-state index in [-0.39, 0.29) is 12.7 Å². The standard InChI is InChI=1S/C23H20N4O4S/c1-15-18(9-11-29-15)22-25-26-23(27(22)17-5-3-2-4-6-17)32-12-10-21(28)24-16-7-8-19-20(13-16)31-14-30-19/h2-9,11,13H,10,12,14H2,1H3,(H,24,28). The molecule has 0 radical (unpaired) electrons. The summed E-state index contributed by atoms with van der Waals surface area (Å²) < 4.78 is 18.1. The summed E-state index contributed by atoms with van der Waals surface area (Å²) in [6.07, 6.45) is 1.96. The van der Waals surface area contributed by atoms with E-state index in [1.54, 1.807) is 24.5 Å². The molecule has 32 heavy (non-hydrogen) atoms. The number of anilines is 1. The summed E-state index contributed by atoms with van der Waals surface area (Å²) in [7, 11) is 0. The number of carbonyl (C=O) groups is 1. The van der Waals surface area contributed by atoms with Gasteiger partial charge >= 0.3 is 0 Å². The summed E-state index contributed by atoms with van der Waals surface area (Å²) in [5.41, 5.74) is 2.50. The van der Waals surface area contributed by atoms with E-state index in [2.05, 4.69) is 15.5 Å². The van der Waals surface area contributed by atoms with Gasteiger partial charge in [-0.3, -0.25) is 9.36 Å². The first-order valence-electron chi connectivity index (χ1n) is 10.1. The Morgan fingerprint density at radius 1 is 1.09 bits per heavy atom. The Bertz CT molecular complexity index is 1250. The first-order valence-corrected chi connectivity index (χ1v) is 11.1. The van der Waals surface area contributed by atoms with Crippen LogP contribution in [0.3, 0.4) is 0 Å². The van der Waals surface area contributed by atoms with Crippen molar-refractivity contribution in [2.75, 3.05) is 17.9 Å². The van der Waals surface area contributed by atoms with E-state index in [0.717, 1.165) is 17.0 Å². The van der Waals surface area contributed by atoms with Crippen molar-refractivity contribution in [1.29, 1.82) is 0 Å². The topological polar surface area (TPSA) is 91.4 Å². The number of hydrogen-bond donors (Lipinski definition) is 1. The Labute approximate surface area is 188 Å². The van der Waals surface area contributed by atoms with E-state index in [0.29, 0.717) is 40.3 Å². The average Bonchev–Trinajstić information content (AvgIpc) is 3.53. The Balaban J connectivity index is 1.29. The summed E-state index contributed by atoms with van der Waals surface area (Å²) in [6.45, 7) is 2.10. The normalized spacial score (nSPS) is 12.2. The minimum Gasteiger partial charge on any atom is -0.469 e. The second-order valence-corrected chi connectivity index (χ2v) is 8.14. The smallest absolute Gasteiger partial charge is 0.231 e. The first-order chi connectivity index (χ1) is 15.7. The molecule has 0 saturated heterocycles. The molecule has 2 aromatic carbocycles. The van der Waals surface area contributed by atoms with E-state index in [4.69, 9.17) is 13.9 Å². The summed E-state index contributed by atoms with van der Waals surface area (Å²) in [5, 5.41) is 12.4. The van der Waals surface area contributed by atoms with Crippen LogP contribution in [0.2, 0.25) is 0 Å². The number of aryl methyl sites for hydroxylation is 1. The van der Waals surface area contributed by atoms with Gasteiger partial charge in [-0.05, 0) is 37.3 Å². The number of hydrogen-bond acceptors (Lipinski definition) is 7. The molecule has 0 aliphatic carbocycles. The lowest BCUT2D eigenvalue weighted by atomic mass is 10.2. The van der Waals surface area contributed by atoms with E-state index >= 15 is 0 Å². The SMILES string of the molecule is Cc1occc1-c1nnc(SCCC(=O)Nc2ccc3c(c2)OCO3)n1-c1ccccc1. The number of carbonyl (C=O) groups excluding carboxylic acids is 1. The van der Waals surface area contributed by atoms with Crippen molar-refractivity contribution >= 4 is 23.4 Å². The highest BCUT2D eigenvalue weighted by Gasteiger charge is 2.19. The number of aromatic nitrogens is 3. The summed E-state index contributed by atoms with van der Waals surface area (Å²) in [6, 6.07) is 17.1. The van der Waals surface area contributed by atoms with Gasteiger partial charge in [-0.15, -0.1) is 10.2 Å². The molecule has 8 nitrogen and oxygen atoms in total. The van der Waals surface area contributed by atoms with Crippen molar-refractivity contribution in [2.45, 2.75) is 18.5 Å². The predicted octanol–water partition coefficient (Wildman–Crippen LogP) is 4.69. The number of fused-ring (bicyclic) bond motifs is 1. The zero-order chi connectivity index (χ0) is 21.9. The number of nitrogens with zero attached hydrogens (tertiary/aromatic N) is 3. The van der Waals surface area contributed by atoms with E-state index in [1.165, 1.54) is 11.8 Å². The molecule has 162 valence electrons. The molecule has 0 fully saturated rings. The monoisotopic (exact) mass is 448 g/mol. The molecule has 5 rings (SSSR count). The number of amides is 1. The van der Waals surface area contributed by atoms with Crippen LogP contribution in [0, 0.1) is 6.92 Å². The minimum absolute atomic E-state index is 0.0898. The Kier molecular flexibility index (Phi) is 5.55. The first kappa shape index (κ1) is 20.2. The molecule has 4 aromatic rings. The number of ether oxygens (including phenoxy) is 2. The van der Waals surface area contributed by atoms with E-state index < -0.39 is 0 Å². The van der Waals surface area contributed by atoms with Crippen LogP contribution in [0.4, 0.5) is 5.69 Å². The molecule has 1 aliphatic rings. The minimum atomic E-state index is -0.0898. The molecule has 3 heterocycles. The number of rotatable bonds is 7. The number of thioether (sulfide) groups is 1. The fourth-order valence-electron chi connectivity index (χ4n) is 3.40. The van der Waals surface area contributed by atoms with Crippen LogP contribution in [-0.2, 0) is 4.79 Å². The number of nitrogens with one attached hydrogen (secondary N) is 1. The molecule has 0 saturated carbocycles. The molecule has 9 heteroatoms. The van der Waals surface area contributed by atoms with Gasteiger partial charge in [-0.2, -0.15) is 0 Å². The van der Waals surface area contributed by atoms with Crippen LogP contribution >= 0.6 is 11.8 Å². The van der Waals surface area contributed by atoms with Crippen molar-refractivity contribution in [1.82, 2.24) is 14.8 Å². The average molecular weight is 449 g/mol. The van der Waals surface area contributed by atoms with Gasteiger partial charge in [-0.25, -0.2) is 0 Å². The fraction of sp³-hybridized carbons (Fsp3) is 0.174. The Morgan fingerprint density at radius 2 is 1.94 bits per heavy atom. The molecular weight excluding hydrogens is 428 g/mol. The Morgan fingerprint density at radius 3 is 2.75 bits per heavy atom. The maximum atomic E-state index is 12.4. The van der Waals surface area contributed by atoms with Gasteiger partial charge in [0.15, 0.2) is 22.5 Å². The van der Waals surface area contributed by atoms with Gasteiger partial charge in [0, 0.05) is 29.6 Å². The van der Waals surface area contributed by atoms with Gasteiger partial charge < -0.3 is 19.2 Å². The number of furan rings is 1. The molecule has 0 atom stereocenters. The summed E-state index contributed by atoms with van der Waals surface area (Å²) in [4.78, 5) is 12.4. The third-order valence-corrected chi connectivity index (χ3v) is 5.89. The van der Waals surface area contributed by atoms with Gasteiger partial charge in [-0.1, -0.05) is 30.0 Å². The zero-order valence-electron chi connectivity index (χ0n) is 17.3. The van der Waals surface area contributed by atoms with Gasteiger partial charge in [0.1, 0.15) is 5.76 Å². The molecule has 1 aliphatic heterocycles. The second-order valence-electron chi connectivity index (χ2n) is 7.08. The van der Waals surface area contributed by atoms with Crippen molar-refractivity contribution < 1.29 is 18.7 Å². The van der Waals surface area contributed by atoms with Crippen molar-refractivity contribution in [3.63, 3.8) is 0 Å². The molecule has 0 bridgehead atoms. The van der Waals surface area contributed by atoms with Crippen molar-refractivity contribution in [2.24, 2.45) is 0 Å². The molecular formula is C23H20N4O4S. The molecule has 1 N–H and O–H groups in total. The van der Waals surface area contributed by atoms with E-state index in [9.17, 15) is 4.79 Å². The van der Waals surface area contributed by atoms with Crippen LogP contribution in [0.1, 0.15) is 12.2 Å². The predicted molar refractivity (Wildman–Crippen MR) is 120 cm³/mol. The van der Waals surface area contributed by atoms with Crippen LogP contribution in [0.5, 0.6) is 11.5 Å². The van der Waals surface area contributed by atoms with Crippen LogP contribution in [-0.4, -0.2) is 33.2 Å². The van der Waals surface area contributed by atoms with Crippen LogP contribution in [0.25, 0.3) is 17.1 Å². The van der Waals surface area contributed by atoms with Crippen molar-refractivity contribution in [3.8, 4) is 28.6 Å². The number of para-hydroxylation sites is 1. The molecule has 2 aromatic heterocycles. The van der Waals surface area contributed by atoms with Gasteiger partial charge in [0.2, 0.25) is 12.7 Å². The highest BCUT2D eigenvalue weighted by Crippen LogP contribution is 2.34. The van der Waals surface area contributed by atoms with Crippen molar-refractivity contribution in [3.05, 3.63) is 66.6 Å². The third-order valence-electron chi connectivity index (χ3n) is 4.96. The summed E-state index contributed by atoms with van der Waals surface area (Å²) >= 11 is 1.48. The highest BCUT2D eigenvalue weighted by atomic mass is 32.2. The molecule has 1 amide bonds. The Hall–Kier alpha value is -3.72. The second kappa shape index (κ2) is 8.80. The number of benzene rings is 2. The largest absolute Gasteiger partial charge is 0.469 e. The van der Waals surface area contributed by atoms with E-state index in [1.807, 2.05) is 47.9 Å². The maximum absolute atomic E-state index is 12.4.